The highest BCUT2D eigenvalue weighted by Gasteiger charge is 2.23. The summed E-state index contributed by atoms with van der Waals surface area (Å²) in [5, 5.41) is 8.76. The van der Waals surface area contributed by atoms with Crippen molar-refractivity contribution in [1.29, 1.82) is 0 Å². The van der Waals surface area contributed by atoms with Crippen LogP contribution >= 0.6 is 0 Å². The maximum absolute atomic E-state index is 5.12. The SMILES string of the molecule is C1=C(c2ccccc2)N=C(c2ccccc2)NC1n1c2ccccc2c2cc(-c3ccc(-c4ccc5c(c4)c4ccccc4n5-c4ccccc4)cc3)ccc21. The molecule has 1 N–H and O–H groups in total. The predicted octanol–water partition coefficient (Wildman–Crippen LogP) is 12.8. The molecule has 1 aliphatic heterocycles. The quantitative estimate of drug-likeness (QED) is 0.183. The summed E-state index contributed by atoms with van der Waals surface area (Å²) < 4.78 is 4.78. The number of benzene rings is 8. The number of hydrogen-bond acceptors (Lipinski definition) is 2. The minimum Gasteiger partial charge on any atom is -0.346 e. The van der Waals surface area contributed by atoms with Crippen LogP contribution in [0.3, 0.4) is 0 Å². The van der Waals surface area contributed by atoms with E-state index in [4.69, 9.17) is 4.99 Å². The molecular formula is C52H36N4. The number of fused-ring (bicyclic) bond motifs is 6. The van der Waals surface area contributed by atoms with Crippen LogP contribution in [-0.4, -0.2) is 15.0 Å². The van der Waals surface area contributed by atoms with E-state index in [9.17, 15) is 0 Å². The highest BCUT2D eigenvalue weighted by atomic mass is 15.2. The van der Waals surface area contributed by atoms with Gasteiger partial charge in [-0.3, -0.25) is 0 Å². The Morgan fingerprint density at radius 1 is 0.375 bits per heavy atom. The monoisotopic (exact) mass is 716 g/mol. The van der Waals surface area contributed by atoms with Gasteiger partial charge in [0, 0.05) is 38.4 Å². The average molecular weight is 717 g/mol. The fourth-order valence-corrected chi connectivity index (χ4v) is 8.52. The third kappa shape index (κ3) is 5.34. The van der Waals surface area contributed by atoms with Gasteiger partial charge in [0.15, 0.2) is 0 Å². The third-order valence-corrected chi connectivity index (χ3v) is 11.2. The van der Waals surface area contributed by atoms with Crippen molar-refractivity contribution in [2.24, 2.45) is 4.99 Å². The van der Waals surface area contributed by atoms with E-state index in [0.29, 0.717) is 0 Å². The highest BCUT2D eigenvalue weighted by molar-refractivity contribution is 6.11. The summed E-state index contributed by atoms with van der Waals surface area (Å²) >= 11 is 0. The molecule has 4 nitrogen and oxygen atoms in total. The molecule has 8 aromatic carbocycles. The first-order valence-electron chi connectivity index (χ1n) is 19.2. The van der Waals surface area contributed by atoms with Gasteiger partial charge in [-0.2, -0.15) is 0 Å². The molecule has 0 spiro atoms. The van der Waals surface area contributed by atoms with Crippen molar-refractivity contribution in [1.82, 2.24) is 14.5 Å². The molecule has 264 valence electrons. The number of amidine groups is 1. The summed E-state index contributed by atoms with van der Waals surface area (Å²) in [4.78, 5) is 5.12. The van der Waals surface area contributed by atoms with Crippen LogP contribution in [0.1, 0.15) is 17.3 Å². The second kappa shape index (κ2) is 13.2. The molecule has 0 radical (unpaired) electrons. The molecule has 0 aliphatic carbocycles. The van der Waals surface area contributed by atoms with E-state index in [2.05, 4.69) is 209 Å². The predicted molar refractivity (Wildman–Crippen MR) is 234 cm³/mol. The third-order valence-electron chi connectivity index (χ3n) is 11.2. The second-order valence-corrected chi connectivity index (χ2v) is 14.5. The van der Waals surface area contributed by atoms with E-state index in [1.807, 2.05) is 12.1 Å². The van der Waals surface area contributed by atoms with Crippen LogP contribution in [0.5, 0.6) is 0 Å². The summed E-state index contributed by atoms with van der Waals surface area (Å²) in [5.41, 5.74) is 13.8. The fourth-order valence-electron chi connectivity index (χ4n) is 8.52. The van der Waals surface area contributed by atoms with Gasteiger partial charge in [0.25, 0.3) is 0 Å². The lowest BCUT2D eigenvalue weighted by Gasteiger charge is -2.26. The number of nitrogens with one attached hydrogen (secondary N) is 1. The minimum absolute atomic E-state index is 0.149. The van der Waals surface area contributed by atoms with Crippen molar-refractivity contribution >= 4 is 55.1 Å². The van der Waals surface area contributed by atoms with Gasteiger partial charge in [-0.15, -0.1) is 0 Å². The Morgan fingerprint density at radius 2 is 0.839 bits per heavy atom. The maximum atomic E-state index is 5.12. The molecule has 1 aliphatic rings. The summed E-state index contributed by atoms with van der Waals surface area (Å²) in [6.07, 6.45) is 2.10. The number of aliphatic imine (C=N–C) groups is 1. The van der Waals surface area contributed by atoms with Crippen molar-refractivity contribution in [2.75, 3.05) is 0 Å². The summed E-state index contributed by atoms with van der Waals surface area (Å²) in [6, 6.07) is 71.7. The first-order valence-corrected chi connectivity index (χ1v) is 19.2. The van der Waals surface area contributed by atoms with Crippen molar-refractivity contribution < 1.29 is 0 Å². The summed E-state index contributed by atoms with van der Waals surface area (Å²) in [5.74, 6) is 0.862. The largest absolute Gasteiger partial charge is 0.346 e. The fraction of sp³-hybridized carbons (Fsp3) is 0.0192. The summed E-state index contributed by atoms with van der Waals surface area (Å²) in [7, 11) is 0. The Kier molecular flexibility index (Phi) is 7.52. The number of nitrogens with zero attached hydrogens (tertiary/aromatic N) is 3. The van der Waals surface area contributed by atoms with Crippen molar-refractivity contribution in [2.45, 2.75) is 6.17 Å². The molecule has 2 aromatic heterocycles. The Morgan fingerprint density at radius 3 is 1.50 bits per heavy atom. The topological polar surface area (TPSA) is 34.2 Å². The van der Waals surface area contributed by atoms with Crippen LogP contribution in [0.4, 0.5) is 0 Å². The highest BCUT2D eigenvalue weighted by Crippen LogP contribution is 2.38. The van der Waals surface area contributed by atoms with E-state index in [-0.39, 0.29) is 6.17 Å². The normalized spacial score (nSPS) is 14.2. The molecule has 0 saturated carbocycles. The van der Waals surface area contributed by atoms with Gasteiger partial charge in [0.2, 0.25) is 0 Å². The average Bonchev–Trinajstić information content (AvgIpc) is 3.79. The summed E-state index contributed by atoms with van der Waals surface area (Å²) in [6.45, 7) is 0. The zero-order valence-corrected chi connectivity index (χ0v) is 30.5. The number of para-hydroxylation sites is 3. The van der Waals surface area contributed by atoms with Crippen molar-refractivity contribution in [3.63, 3.8) is 0 Å². The smallest absolute Gasteiger partial charge is 0.135 e. The van der Waals surface area contributed by atoms with Crippen molar-refractivity contribution in [3.8, 4) is 27.9 Å². The first kappa shape index (κ1) is 32.0. The van der Waals surface area contributed by atoms with Gasteiger partial charge in [-0.05, 0) is 76.9 Å². The molecule has 0 saturated heterocycles. The van der Waals surface area contributed by atoms with Crippen molar-refractivity contribution in [3.05, 3.63) is 217 Å². The van der Waals surface area contributed by atoms with Crippen LogP contribution in [0.15, 0.2) is 211 Å². The van der Waals surface area contributed by atoms with Gasteiger partial charge in [-0.25, -0.2) is 4.99 Å². The van der Waals surface area contributed by atoms with E-state index in [1.54, 1.807) is 0 Å². The number of hydrogen-bond donors (Lipinski definition) is 1. The Bertz CT molecular complexity index is 3130. The molecule has 0 bridgehead atoms. The molecule has 3 heterocycles. The first-order chi connectivity index (χ1) is 27.8. The molecule has 1 unspecified atom stereocenters. The van der Waals surface area contributed by atoms with Crippen LogP contribution < -0.4 is 5.32 Å². The van der Waals surface area contributed by atoms with Gasteiger partial charge in [0.1, 0.15) is 12.0 Å². The molecule has 4 heteroatoms. The lowest BCUT2D eigenvalue weighted by molar-refractivity contribution is 0.600. The van der Waals surface area contributed by atoms with Crippen LogP contribution in [0, 0.1) is 0 Å². The second-order valence-electron chi connectivity index (χ2n) is 14.5. The Labute approximate surface area is 324 Å². The maximum Gasteiger partial charge on any atom is 0.135 e. The molecule has 0 fully saturated rings. The lowest BCUT2D eigenvalue weighted by atomic mass is 9.98. The van der Waals surface area contributed by atoms with E-state index < -0.39 is 0 Å². The van der Waals surface area contributed by atoms with E-state index in [0.717, 1.165) is 22.7 Å². The minimum atomic E-state index is -0.149. The van der Waals surface area contributed by atoms with Gasteiger partial charge in [0.05, 0.1) is 27.8 Å². The Hall–Kier alpha value is -7.43. The molecule has 1 atom stereocenters. The zero-order valence-electron chi connectivity index (χ0n) is 30.5. The van der Waals surface area contributed by atoms with E-state index in [1.165, 1.54) is 71.6 Å². The molecule has 0 amide bonds. The van der Waals surface area contributed by atoms with Crippen LogP contribution in [0.25, 0.3) is 77.2 Å². The zero-order chi connectivity index (χ0) is 37.0. The van der Waals surface area contributed by atoms with Gasteiger partial charge < -0.3 is 14.5 Å². The Balaban J connectivity index is 0.974. The lowest BCUT2D eigenvalue weighted by Crippen LogP contribution is -2.34. The van der Waals surface area contributed by atoms with Gasteiger partial charge >= 0.3 is 0 Å². The molecule has 10 aromatic rings. The van der Waals surface area contributed by atoms with Crippen LogP contribution in [0.2, 0.25) is 0 Å². The van der Waals surface area contributed by atoms with Crippen LogP contribution in [-0.2, 0) is 0 Å². The van der Waals surface area contributed by atoms with Gasteiger partial charge in [-0.1, -0.05) is 152 Å². The molecular weight excluding hydrogens is 681 g/mol. The standard InChI is InChI=1S/C52H36N4/c1-4-14-37(15-5-1)46-34-51(54-52(53-46)38-16-6-2-7-17-38)56-48-23-13-11-21-43(48)45-33-40(29-31-50(45)56)36-26-24-35(25-27-36)39-28-30-49-44(32-39)42-20-10-12-22-47(42)55(49)41-18-8-3-9-19-41/h1-34,51H,(H,53,54). The number of rotatable bonds is 6. The molecule has 56 heavy (non-hydrogen) atoms. The van der Waals surface area contributed by atoms with E-state index >= 15 is 0 Å². The number of aromatic nitrogens is 2. The molecule has 11 rings (SSSR count).